The van der Waals surface area contributed by atoms with Gasteiger partial charge in [0.1, 0.15) is 11.6 Å². The van der Waals surface area contributed by atoms with Gasteiger partial charge in [-0.25, -0.2) is 8.78 Å². The molecule has 1 unspecified atom stereocenters. The fourth-order valence-corrected chi connectivity index (χ4v) is 2.17. The summed E-state index contributed by atoms with van der Waals surface area (Å²) in [4.78, 5) is 0. The highest BCUT2D eigenvalue weighted by Crippen LogP contribution is 2.21. The van der Waals surface area contributed by atoms with Gasteiger partial charge in [0.05, 0.1) is 11.1 Å². The van der Waals surface area contributed by atoms with Gasteiger partial charge in [0.2, 0.25) is 0 Å². The van der Waals surface area contributed by atoms with Crippen LogP contribution in [0, 0.1) is 11.6 Å². The topological polar surface area (TPSA) is 20.2 Å². The predicted octanol–water partition coefficient (Wildman–Crippen LogP) is 3.76. The van der Waals surface area contributed by atoms with Gasteiger partial charge in [-0.3, -0.25) is 0 Å². The molecular formula is C15H13ClF2O. The van der Waals surface area contributed by atoms with Crippen LogP contribution in [0.15, 0.2) is 42.5 Å². The molecule has 2 rings (SSSR count). The summed E-state index contributed by atoms with van der Waals surface area (Å²) < 4.78 is 26.3. The van der Waals surface area contributed by atoms with Gasteiger partial charge in [0, 0.05) is 6.42 Å². The second-order valence-electron chi connectivity index (χ2n) is 4.40. The molecule has 4 heteroatoms. The van der Waals surface area contributed by atoms with E-state index in [2.05, 4.69) is 0 Å². The van der Waals surface area contributed by atoms with E-state index in [-0.39, 0.29) is 17.3 Å². The first-order chi connectivity index (χ1) is 9.06. The molecule has 0 aliphatic rings. The molecule has 19 heavy (non-hydrogen) atoms. The molecule has 0 aromatic heterocycles. The molecule has 2 aromatic carbocycles. The molecule has 0 amide bonds. The van der Waals surface area contributed by atoms with Gasteiger partial charge < -0.3 is 5.11 Å². The Kier molecular flexibility index (Phi) is 4.51. The Morgan fingerprint density at radius 2 is 1.79 bits per heavy atom. The number of benzene rings is 2. The molecule has 0 aliphatic heterocycles. The van der Waals surface area contributed by atoms with Crippen LogP contribution in [0.5, 0.6) is 0 Å². The fourth-order valence-electron chi connectivity index (χ4n) is 1.97. The van der Waals surface area contributed by atoms with E-state index >= 15 is 0 Å². The minimum absolute atomic E-state index is 0.0285. The van der Waals surface area contributed by atoms with E-state index in [1.54, 1.807) is 24.3 Å². The third-order valence-corrected chi connectivity index (χ3v) is 3.27. The van der Waals surface area contributed by atoms with Gasteiger partial charge in [0.15, 0.2) is 0 Å². The van der Waals surface area contributed by atoms with E-state index < -0.39 is 11.9 Å². The van der Waals surface area contributed by atoms with E-state index in [1.807, 2.05) is 0 Å². The lowest BCUT2D eigenvalue weighted by molar-refractivity contribution is 0.175. The summed E-state index contributed by atoms with van der Waals surface area (Å²) in [7, 11) is 0. The van der Waals surface area contributed by atoms with E-state index in [1.165, 1.54) is 18.2 Å². The van der Waals surface area contributed by atoms with Crippen molar-refractivity contribution in [1.29, 1.82) is 0 Å². The standard InChI is InChI=1S/C15H13ClF2O/c16-15-11(4-2-6-14(15)18)9-13(19)8-10-3-1-5-12(17)7-10/h1-7,13,19H,8-9H2. The number of hydrogen-bond donors (Lipinski definition) is 1. The quantitative estimate of drug-likeness (QED) is 0.905. The first kappa shape index (κ1) is 14.0. The van der Waals surface area contributed by atoms with Crippen molar-refractivity contribution < 1.29 is 13.9 Å². The normalized spacial score (nSPS) is 12.4. The van der Waals surface area contributed by atoms with Gasteiger partial charge in [-0.05, 0) is 35.7 Å². The Balaban J connectivity index is 2.05. The van der Waals surface area contributed by atoms with E-state index in [9.17, 15) is 13.9 Å². The third-order valence-electron chi connectivity index (χ3n) is 2.85. The summed E-state index contributed by atoms with van der Waals surface area (Å²) in [5, 5.41) is 9.99. The highest BCUT2D eigenvalue weighted by atomic mass is 35.5. The minimum atomic E-state index is -0.735. The molecule has 100 valence electrons. The summed E-state index contributed by atoms with van der Waals surface area (Å²) >= 11 is 5.82. The molecule has 0 radical (unpaired) electrons. The molecule has 1 nitrogen and oxygen atoms in total. The summed E-state index contributed by atoms with van der Waals surface area (Å²) in [5.74, 6) is -0.842. The number of halogens is 3. The SMILES string of the molecule is OC(Cc1cccc(F)c1)Cc1cccc(F)c1Cl. The minimum Gasteiger partial charge on any atom is -0.392 e. The van der Waals surface area contributed by atoms with Crippen LogP contribution in [-0.2, 0) is 12.8 Å². The summed E-state index contributed by atoms with van der Waals surface area (Å²) in [6.07, 6.45) is -0.210. The van der Waals surface area contributed by atoms with Gasteiger partial charge in [-0.15, -0.1) is 0 Å². The molecule has 2 aromatic rings. The Bertz CT molecular complexity index is 572. The van der Waals surface area contributed by atoms with Crippen LogP contribution in [0.1, 0.15) is 11.1 Å². The highest BCUT2D eigenvalue weighted by Gasteiger charge is 2.12. The van der Waals surface area contributed by atoms with Gasteiger partial charge in [-0.2, -0.15) is 0 Å². The smallest absolute Gasteiger partial charge is 0.142 e. The lowest BCUT2D eigenvalue weighted by atomic mass is 10.0. The average Bonchev–Trinajstić information content (AvgIpc) is 2.35. The zero-order valence-electron chi connectivity index (χ0n) is 10.1. The Morgan fingerprint density at radius 3 is 2.53 bits per heavy atom. The van der Waals surface area contributed by atoms with Gasteiger partial charge in [0.25, 0.3) is 0 Å². The Labute approximate surface area is 115 Å². The van der Waals surface area contributed by atoms with Crippen LogP contribution in [-0.4, -0.2) is 11.2 Å². The first-order valence-electron chi connectivity index (χ1n) is 5.91. The Morgan fingerprint density at radius 1 is 1.05 bits per heavy atom. The second kappa shape index (κ2) is 6.13. The van der Waals surface area contributed by atoms with E-state index in [4.69, 9.17) is 11.6 Å². The first-order valence-corrected chi connectivity index (χ1v) is 6.29. The van der Waals surface area contributed by atoms with Crippen molar-refractivity contribution in [2.45, 2.75) is 18.9 Å². The van der Waals surface area contributed by atoms with Crippen LogP contribution in [0.25, 0.3) is 0 Å². The maximum atomic E-state index is 13.2. The number of aliphatic hydroxyl groups is 1. The molecule has 1 N–H and O–H groups in total. The molecule has 0 aliphatic carbocycles. The average molecular weight is 283 g/mol. The van der Waals surface area contributed by atoms with Crippen molar-refractivity contribution in [2.24, 2.45) is 0 Å². The van der Waals surface area contributed by atoms with Crippen molar-refractivity contribution in [3.63, 3.8) is 0 Å². The van der Waals surface area contributed by atoms with Crippen LogP contribution in [0.4, 0.5) is 8.78 Å². The van der Waals surface area contributed by atoms with Crippen LogP contribution in [0.2, 0.25) is 5.02 Å². The Hall–Kier alpha value is -1.45. The van der Waals surface area contributed by atoms with Crippen LogP contribution in [0.3, 0.4) is 0 Å². The summed E-state index contributed by atoms with van der Waals surface area (Å²) in [6.45, 7) is 0. The number of aliphatic hydroxyl groups excluding tert-OH is 1. The van der Waals surface area contributed by atoms with Crippen molar-refractivity contribution in [1.82, 2.24) is 0 Å². The molecule has 0 heterocycles. The molecule has 0 bridgehead atoms. The van der Waals surface area contributed by atoms with Crippen molar-refractivity contribution in [3.8, 4) is 0 Å². The molecular weight excluding hydrogens is 270 g/mol. The van der Waals surface area contributed by atoms with Crippen molar-refractivity contribution >= 4 is 11.6 Å². The largest absolute Gasteiger partial charge is 0.392 e. The molecule has 0 fully saturated rings. The molecule has 0 saturated carbocycles. The zero-order valence-corrected chi connectivity index (χ0v) is 10.9. The van der Waals surface area contributed by atoms with E-state index in [0.717, 1.165) is 0 Å². The molecule has 1 atom stereocenters. The monoisotopic (exact) mass is 282 g/mol. The van der Waals surface area contributed by atoms with Gasteiger partial charge in [-0.1, -0.05) is 35.9 Å². The van der Waals surface area contributed by atoms with Gasteiger partial charge >= 0.3 is 0 Å². The lowest BCUT2D eigenvalue weighted by Crippen LogP contribution is -2.14. The third kappa shape index (κ3) is 3.75. The summed E-state index contributed by atoms with van der Waals surface area (Å²) in [6, 6.07) is 10.5. The van der Waals surface area contributed by atoms with Crippen LogP contribution < -0.4 is 0 Å². The number of hydrogen-bond acceptors (Lipinski definition) is 1. The second-order valence-corrected chi connectivity index (χ2v) is 4.78. The van der Waals surface area contributed by atoms with E-state index in [0.29, 0.717) is 17.5 Å². The lowest BCUT2D eigenvalue weighted by Gasteiger charge is -2.12. The maximum absolute atomic E-state index is 13.2. The molecule has 0 saturated heterocycles. The predicted molar refractivity (Wildman–Crippen MR) is 71.2 cm³/mol. The van der Waals surface area contributed by atoms with Crippen molar-refractivity contribution in [3.05, 3.63) is 70.2 Å². The zero-order chi connectivity index (χ0) is 13.8. The summed E-state index contributed by atoms with van der Waals surface area (Å²) in [5.41, 5.74) is 1.24. The highest BCUT2D eigenvalue weighted by molar-refractivity contribution is 6.31. The fraction of sp³-hybridized carbons (Fsp3) is 0.200. The van der Waals surface area contributed by atoms with Crippen LogP contribution >= 0.6 is 11.6 Å². The maximum Gasteiger partial charge on any atom is 0.142 e. The molecule has 0 spiro atoms. The number of rotatable bonds is 4. The van der Waals surface area contributed by atoms with Crippen molar-refractivity contribution in [2.75, 3.05) is 0 Å².